The lowest BCUT2D eigenvalue weighted by Crippen LogP contribution is -2.49. The van der Waals surface area contributed by atoms with Gasteiger partial charge >= 0.3 is 0 Å². The summed E-state index contributed by atoms with van der Waals surface area (Å²) in [6.45, 7) is 1.09. The van der Waals surface area contributed by atoms with Crippen LogP contribution in [0.3, 0.4) is 0 Å². The summed E-state index contributed by atoms with van der Waals surface area (Å²) in [6.07, 6.45) is 2.79. The Hall–Kier alpha value is -1.67. The number of carbonyl (C=O) groups excluding carboxylic acids is 1. The predicted octanol–water partition coefficient (Wildman–Crippen LogP) is 2.27. The number of hydrogen-bond acceptors (Lipinski definition) is 4. The summed E-state index contributed by atoms with van der Waals surface area (Å²) < 4.78 is 28.0. The number of sulfonamides is 1. The van der Waals surface area contributed by atoms with E-state index in [0.717, 1.165) is 30.0 Å². The van der Waals surface area contributed by atoms with Crippen molar-refractivity contribution in [3.63, 3.8) is 0 Å². The van der Waals surface area contributed by atoms with Crippen molar-refractivity contribution in [2.24, 2.45) is 5.73 Å². The molecule has 0 saturated carbocycles. The van der Waals surface area contributed by atoms with Crippen molar-refractivity contribution in [2.45, 2.75) is 36.6 Å². The van der Waals surface area contributed by atoms with Crippen LogP contribution in [0.25, 0.3) is 10.8 Å². The third-order valence-electron chi connectivity index (χ3n) is 4.81. The van der Waals surface area contributed by atoms with Crippen LogP contribution in [0.5, 0.6) is 0 Å². The Morgan fingerprint density at radius 2 is 1.89 bits per heavy atom. The molecule has 1 saturated heterocycles. The first-order valence-corrected chi connectivity index (χ1v) is 10.4. The molecule has 6 nitrogen and oxygen atoms in total. The van der Waals surface area contributed by atoms with E-state index in [9.17, 15) is 13.2 Å². The van der Waals surface area contributed by atoms with Gasteiger partial charge in [-0.1, -0.05) is 36.8 Å². The van der Waals surface area contributed by atoms with Crippen LogP contribution >= 0.6 is 12.4 Å². The molecule has 1 fully saturated rings. The SMILES string of the molecule is Cl.NCCC(=O)NCC1CCCCN1S(=O)(=O)c1ccc2ccccc2c1. The van der Waals surface area contributed by atoms with E-state index >= 15 is 0 Å². The van der Waals surface area contributed by atoms with Crippen LogP contribution in [0.4, 0.5) is 0 Å². The highest BCUT2D eigenvalue weighted by Gasteiger charge is 2.33. The zero-order valence-corrected chi connectivity index (χ0v) is 16.8. The fourth-order valence-electron chi connectivity index (χ4n) is 3.41. The van der Waals surface area contributed by atoms with E-state index in [1.165, 1.54) is 0 Å². The second-order valence-electron chi connectivity index (χ2n) is 6.62. The molecule has 2 aromatic carbocycles. The number of nitrogens with two attached hydrogens (primary N) is 1. The van der Waals surface area contributed by atoms with E-state index in [2.05, 4.69) is 5.32 Å². The number of carbonyl (C=O) groups is 1. The maximum Gasteiger partial charge on any atom is 0.243 e. The lowest BCUT2D eigenvalue weighted by molar-refractivity contribution is -0.121. The molecule has 2 aromatic rings. The molecule has 3 N–H and O–H groups in total. The van der Waals surface area contributed by atoms with Crippen molar-refractivity contribution in [3.8, 4) is 0 Å². The summed E-state index contributed by atoms with van der Waals surface area (Å²) in [6, 6.07) is 12.7. The monoisotopic (exact) mass is 411 g/mol. The summed E-state index contributed by atoms with van der Waals surface area (Å²) in [7, 11) is -3.61. The Bertz CT molecular complexity index is 889. The maximum absolute atomic E-state index is 13.2. The first-order chi connectivity index (χ1) is 12.5. The molecule has 1 amide bonds. The van der Waals surface area contributed by atoms with Crippen molar-refractivity contribution in [3.05, 3.63) is 42.5 Å². The number of fused-ring (bicyclic) bond motifs is 1. The quantitative estimate of drug-likeness (QED) is 0.762. The molecule has 1 aliphatic rings. The molecule has 0 aliphatic carbocycles. The Labute approximate surface area is 166 Å². The Morgan fingerprint density at radius 3 is 2.63 bits per heavy atom. The first-order valence-electron chi connectivity index (χ1n) is 9.00. The Morgan fingerprint density at radius 1 is 1.15 bits per heavy atom. The van der Waals surface area contributed by atoms with E-state index < -0.39 is 10.0 Å². The molecule has 148 valence electrons. The van der Waals surface area contributed by atoms with Crippen molar-refractivity contribution >= 4 is 39.1 Å². The summed E-state index contributed by atoms with van der Waals surface area (Å²) in [5.74, 6) is -0.138. The molecule has 3 rings (SSSR count). The number of nitrogens with one attached hydrogen (secondary N) is 1. The van der Waals surface area contributed by atoms with E-state index in [0.29, 0.717) is 18.0 Å². The zero-order valence-electron chi connectivity index (χ0n) is 15.1. The number of benzene rings is 2. The van der Waals surface area contributed by atoms with Crippen LogP contribution in [0.15, 0.2) is 47.4 Å². The van der Waals surface area contributed by atoms with Gasteiger partial charge in [0.2, 0.25) is 15.9 Å². The molecular formula is C19H26ClN3O3S. The molecule has 1 unspecified atom stereocenters. The van der Waals surface area contributed by atoms with Gasteiger partial charge in [-0.15, -0.1) is 12.4 Å². The normalized spacial score (nSPS) is 18.0. The van der Waals surface area contributed by atoms with Crippen LogP contribution in [0, 0.1) is 0 Å². The van der Waals surface area contributed by atoms with Gasteiger partial charge in [0.05, 0.1) is 4.90 Å². The van der Waals surface area contributed by atoms with Gasteiger partial charge < -0.3 is 11.1 Å². The van der Waals surface area contributed by atoms with E-state index in [1.807, 2.05) is 30.3 Å². The van der Waals surface area contributed by atoms with Gasteiger partial charge in [0.15, 0.2) is 0 Å². The largest absolute Gasteiger partial charge is 0.354 e. The Balaban J connectivity index is 0.00000261. The minimum absolute atomic E-state index is 0. The fourth-order valence-corrected chi connectivity index (χ4v) is 5.14. The lowest BCUT2D eigenvalue weighted by atomic mass is 10.1. The Kier molecular flexibility index (Phi) is 7.61. The first kappa shape index (κ1) is 21.6. The average Bonchev–Trinajstić information content (AvgIpc) is 2.66. The number of amides is 1. The van der Waals surface area contributed by atoms with Crippen LogP contribution in [0.2, 0.25) is 0 Å². The second kappa shape index (κ2) is 9.50. The second-order valence-corrected chi connectivity index (χ2v) is 8.51. The molecule has 0 spiro atoms. The van der Waals surface area contributed by atoms with Gasteiger partial charge in [0.1, 0.15) is 0 Å². The van der Waals surface area contributed by atoms with Crippen molar-refractivity contribution in [1.82, 2.24) is 9.62 Å². The van der Waals surface area contributed by atoms with Crippen molar-refractivity contribution in [2.75, 3.05) is 19.6 Å². The molecule has 1 aliphatic heterocycles. The van der Waals surface area contributed by atoms with E-state index in [1.54, 1.807) is 16.4 Å². The fraction of sp³-hybridized carbons (Fsp3) is 0.421. The third kappa shape index (κ3) is 4.99. The minimum Gasteiger partial charge on any atom is -0.354 e. The molecule has 1 atom stereocenters. The third-order valence-corrected chi connectivity index (χ3v) is 6.75. The summed E-state index contributed by atoms with van der Waals surface area (Å²) >= 11 is 0. The number of piperidine rings is 1. The van der Waals surface area contributed by atoms with Gasteiger partial charge in [-0.2, -0.15) is 4.31 Å². The average molecular weight is 412 g/mol. The number of hydrogen-bond donors (Lipinski definition) is 2. The molecule has 1 heterocycles. The number of halogens is 1. The number of nitrogens with zero attached hydrogens (tertiary/aromatic N) is 1. The van der Waals surface area contributed by atoms with Crippen LogP contribution < -0.4 is 11.1 Å². The number of rotatable bonds is 6. The van der Waals surface area contributed by atoms with Crippen LogP contribution in [0.1, 0.15) is 25.7 Å². The summed E-state index contributed by atoms with van der Waals surface area (Å²) in [5.41, 5.74) is 5.39. The lowest BCUT2D eigenvalue weighted by Gasteiger charge is -2.34. The highest BCUT2D eigenvalue weighted by Crippen LogP contribution is 2.27. The van der Waals surface area contributed by atoms with Gasteiger partial charge in [0, 0.05) is 32.1 Å². The highest BCUT2D eigenvalue weighted by atomic mass is 35.5. The summed E-state index contributed by atoms with van der Waals surface area (Å²) in [5, 5.41) is 4.72. The van der Waals surface area contributed by atoms with Crippen molar-refractivity contribution in [1.29, 1.82) is 0 Å². The molecule has 8 heteroatoms. The van der Waals surface area contributed by atoms with Gasteiger partial charge in [-0.3, -0.25) is 4.79 Å². The zero-order chi connectivity index (χ0) is 18.6. The van der Waals surface area contributed by atoms with E-state index in [-0.39, 0.29) is 37.3 Å². The van der Waals surface area contributed by atoms with Crippen LogP contribution in [-0.2, 0) is 14.8 Å². The van der Waals surface area contributed by atoms with Gasteiger partial charge in [0.25, 0.3) is 0 Å². The topological polar surface area (TPSA) is 92.5 Å². The van der Waals surface area contributed by atoms with Gasteiger partial charge in [-0.05, 0) is 35.7 Å². The maximum atomic E-state index is 13.2. The van der Waals surface area contributed by atoms with Gasteiger partial charge in [-0.25, -0.2) is 8.42 Å². The molecule has 0 bridgehead atoms. The van der Waals surface area contributed by atoms with E-state index in [4.69, 9.17) is 5.73 Å². The minimum atomic E-state index is -3.61. The predicted molar refractivity (Wildman–Crippen MR) is 109 cm³/mol. The molecule has 0 radical (unpaired) electrons. The highest BCUT2D eigenvalue weighted by molar-refractivity contribution is 7.89. The smallest absolute Gasteiger partial charge is 0.243 e. The molecular weight excluding hydrogens is 386 g/mol. The summed E-state index contributed by atoms with van der Waals surface area (Å²) in [4.78, 5) is 12.0. The van der Waals surface area contributed by atoms with Crippen LogP contribution in [-0.4, -0.2) is 44.3 Å². The standard InChI is InChI=1S/C19H25N3O3S.ClH/c20-11-10-19(23)21-14-17-7-3-4-12-22(17)26(24,25)18-9-8-15-5-1-2-6-16(15)13-18;/h1-2,5-6,8-9,13,17H,3-4,7,10-12,14,20H2,(H,21,23);1H. The molecule has 27 heavy (non-hydrogen) atoms. The van der Waals surface area contributed by atoms with Crippen molar-refractivity contribution < 1.29 is 13.2 Å². The molecule has 0 aromatic heterocycles.